The van der Waals surface area contributed by atoms with Crippen molar-refractivity contribution in [1.29, 1.82) is 0 Å². The zero-order chi connectivity index (χ0) is 31.4. The summed E-state index contributed by atoms with van der Waals surface area (Å²) in [6.07, 6.45) is 5.63. The van der Waals surface area contributed by atoms with Crippen molar-refractivity contribution in [2.75, 3.05) is 10.6 Å². The van der Waals surface area contributed by atoms with Gasteiger partial charge in [0.25, 0.3) is 0 Å². The van der Waals surface area contributed by atoms with Crippen LogP contribution in [0.1, 0.15) is 51.4 Å². The Hall–Kier alpha value is -4.80. The average molecular weight is 609 g/mol. The van der Waals surface area contributed by atoms with E-state index in [1.165, 1.54) is 24.3 Å². The quantitative estimate of drug-likeness (QED) is 0.196. The number of hydrogen-bond donors (Lipinski definition) is 4. The molecule has 8 nitrogen and oxygen atoms in total. The monoisotopic (exact) mass is 608 g/mol. The second-order valence-corrected chi connectivity index (χ2v) is 11.9. The summed E-state index contributed by atoms with van der Waals surface area (Å²) >= 11 is 0. The first-order valence-electron chi connectivity index (χ1n) is 15.0. The topological polar surface area (TPSA) is 99.1 Å². The van der Waals surface area contributed by atoms with Gasteiger partial charge in [-0.25, -0.2) is 18.7 Å². The summed E-state index contributed by atoms with van der Waals surface area (Å²) in [6, 6.07) is 16.7. The summed E-state index contributed by atoms with van der Waals surface area (Å²) in [5.74, 6) is -0.532. The molecule has 4 N–H and O–H groups in total. The Morgan fingerprint density at radius 3 is 1.89 bits per heavy atom. The molecule has 4 unspecified atom stereocenters. The van der Waals surface area contributed by atoms with Crippen molar-refractivity contribution in [2.24, 2.45) is 0 Å². The fourth-order valence-electron chi connectivity index (χ4n) is 6.55. The summed E-state index contributed by atoms with van der Waals surface area (Å²) in [7, 11) is 0. The smallest absolute Gasteiger partial charge is 0.160 e. The highest BCUT2D eigenvalue weighted by molar-refractivity contribution is 5.70. The Morgan fingerprint density at radius 1 is 0.733 bits per heavy atom. The van der Waals surface area contributed by atoms with E-state index in [2.05, 4.69) is 20.6 Å². The molecule has 2 aromatic carbocycles. The molecule has 0 radical (unpaired) electrons. The molecule has 0 amide bonds. The minimum atomic E-state index is -0.579. The zero-order valence-electron chi connectivity index (χ0n) is 25.2. The lowest BCUT2D eigenvalue weighted by Gasteiger charge is -2.19. The van der Waals surface area contributed by atoms with Crippen LogP contribution >= 0.6 is 0 Å². The molecule has 0 saturated heterocycles. The molecule has 0 bridgehead atoms. The average Bonchev–Trinajstić information content (AvgIpc) is 3.71. The number of nitrogens with zero attached hydrogens (tertiary/aromatic N) is 4. The molecule has 8 rings (SSSR count). The van der Waals surface area contributed by atoms with Crippen molar-refractivity contribution in [3.63, 3.8) is 0 Å². The highest BCUT2D eigenvalue weighted by atomic mass is 19.1. The minimum absolute atomic E-state index is 0.251. The second kappa shape index (κ2) is 11.3. The van der Waals surface area contributed by atoms with Crippen molar-refractivity contribution in [2.45, 2.75) is 57.9 Å². The van der Waals surface area contributed by atoms with E-state index in [9.17, 15) is 19.0 Å². The molecule has 4 aromatic heterocycles. The maximum absolute atomic E-state index is 13.4. The number of pyridine rings is 2. The van der Waals surface area contributed by atoms with E-state index >= 15 is 0 Å². The van der Waals surface area contributed by atoms with Crippen molar-refractivity contribution in [1.82, 2.24) is 18.8 Å². The van der Waals surface area contributed by atoms with Crippen LogP contribution in [-0.4, -0.2) is 41.2 Å². The first-order chi connectivity index (χ1) is 21.7. The van der Waals surface area contributed by atoms with Crippen LogP contribution < -0.4 is 10.6 Å². The number of imidazole rings is 2. The highest BCUT2D eigenvalue weighted by Crippen LogP contribution is 2.37. The van der Waals surface area contributed by atoms with Crippen LogP contribution in [0.5, 0.6) is 0 Å². The predicted molar refractivity (Wildman–Crippen MR) is 170 cm³/mol. The molecule has 0 aliphatic heterocycles. The van der Waals surface area contributed by atoms with Gasteiger partial charge in [0.05, 0.1) is 47.1 Å². The Morgan fingerprint density at radius 2 is 1.29 bits per heavy atom. The third kappa shape index (κ3) is 5.30. The van der Waals surface area contributed by atoms with Crippen molar-refractivity contribution in [3.8, 4) is 0 Å². The minimum Gasteiger partial charge on any atom is -0.390 e. The van der Waals surface area contributed by atoms with E-state index in [1.807, 2.05) is 72.4 Å². The molecular weight excluding hydrogens is 574 g/mol. The number of aliphatic hydroxyl groups is 2. The van der Waals surface area contributed by atoms with Crippen LogP contribution in [0, 0.1) is 32.4 Å². The van der Waals surface area contributed by atoms with E-state index < -0.39 is 12.2 Å². The normalized spacial score (nSPS) is 20.2. The van der Waals surface area contributed by atoms with Crippen molar-refractivity contribution in [3.05, 3.63) is 130 Å². The van der Waals surface area contributed by atoms with E-state index in [0.29, 0.717) is 12.8 Å². The lowest BCUT2D eigenvalue weighted by Crippen LogP contribution is -2.21. The third-order valence-electron chi connectivity index (χ3n) is 8.86. The number of aryl methyl sites for hydroxylation is 3. The number of nitrogens with one attached hydrogen (secondary N) is 2. The van der Waals surface area contributed by atoms with E-state index in [1.54, 1.807) is 12.1 Å². The van der Waals surface area contributed by atoms with E-state index in [0.717, 1.165) is 62.0 Å². The van der Waals surface area contributed by atoms with Gasteiger partial charge in [0.15, 0.2) is 11.3 Å². The van der Waals surface area contributed by atoms with Crippen LogP contribution in [0.4, 0.5) is 20.2 Å². The summed E-state index contributed by atoms with van der Waals surface area (Å²) in [6.45, 7) is 5.95. The third-order valence-corrected chi connectivity index (χ3v) is 8.86. The van der Waals surface area contributed by atoms with Gasteiger partial charge in [-0.2, -0.15) is 0 Å². The number of fused-ring (bicyclic) bond motifs is 4. The molecule has 0 fully saturated rings. The molecule has 4 heterocycles. The molecule has 2 aliphatic carbocycles. The molecule has 4 atom stereocenters. The lowest BCUT2D eigenvalue weighted by molar-refractivity contribution is 0.165. The van der Waals surface area contributed by atoms with Crippen LogP contribution in [0.2, 0.25) is 0 Å². The van der Waals surface area contributed by atoms with Crippen LogP contribution in [0.25, 0.3) is 11.3 Å². The van der Waals surface area contributed by atoms with Crippen molar-refractivity contribution >= 4 is 22.7 Å². The Balaban J connectivity index is 0.000000145. The Bertz CT molecular complexity index is 2050. The lowest BCUT2D eigenvalue weighted by atomic mass is 10.1. The number of benzene rings is 2. The molecule has 10 heteroatoms. The number of hydrogen-bond acceptors (Lipinski definition) is 6. The summed E-state index contributed by atoms with van der Waals surface area (Å²) in [5, 5.41) is 27.5. The van der Waals surface area contributed by atoms with Gasteiger partial charge in [0, 0.05) is 37.1 Å². The molecule has 0 saturated carbocycles. The summed E-state index contributed by atoms with van der Waals surface area (Å²) in [4.78, 5) is 9.12. The summed E-state index contributed by atoms with van der Waals surface area (Å²) in [5.41, 5.74) is 10.00. The van der Waals surface area contributed by atoms with Gasteiger partial charge in [0.1, 0.15) is 11.6 Å². The maximum atomic E-state index is 13.4. The van der Waals surface area contributed by atoms with Gasteiger partial charge >= 0.3 is 0 Å². The van der Waals surface area contributed by atoms with Gasteiger partial charge in [-0.1, -0.05) is 12.1 Å². The van der Waals surface area contributed by atoms with Gasteiger partial charge in [-0.05, 0) is 91.6 Å². The molecule has 6 aromatic rings. The standard InChI is InChI=1S/C18H18FN3O.C17H16FN3O/c1-10-11(2)22-7-3-4-15(18(22)20-10)21-17-14-6-5-13(19)8-12(14)9-16(17)23;1-10-9-21-6-2-3-14(17(21)19-10)20-16-13-5-4-12(18)7-11(13)8-15(16)22/h3-8,16-17,21,23H,9H2,1-2H3;2-7,9,15-16,20,22H,8H2,1H3. The largest absolute Gasteiger partial charge is 0.390 e. The van der Waals surface area contributed by atoms with Gasteiger partial charge < -0.3 is 29.6 Å². The molecule has 230 valence electrons. The molecule has 45 heavy (non-hydrogen) atoms. The van der Waals surface area contributed by atoms with Gasteiger partial charge in [-0.15, -0.1) is 0 Å². The van der Waals surface area contributed by atoms with Crippen LogP contribution in [0.15, 0.2) is 79.3 Å². The summed E-state index contributed by atoms with van der Waals surface area (Å²) < 4.78 is 30.7. The highest BCUT2D eigenvalue weighted by Gasteiger charge is 2.33. The Kier molecular flexibility index (Phi) is 7.26. The first-order valence-corrected chi connectivity index (χ1v) is 15.0. The SMILES string of the molecule is Cc1cn2cccc(NC3c4ccc(F)cc4CC3O)c2n1.Cc1nc2c(NC3c4ccc(F)cc4CC3O)cccn2c1C. The molecule has 2 aliphatic rings. The maximum Gasteiger partial charge on any atom is 0.160 e. The number of anilines is 2. The number of aromatic nitrogens is 4. The number of aliphatic hydroxyl groups excluding tert-OH is 2. The van der Waals surface area contributed by atoms with Crippen molar-refractivity contribution < 1.29 is 19.0 Å². The van der Waals surface area contributed by atoms with Gasteiger partial charge in [0.2, 0.25) is 0 Å². The number of halogens is 2. The van der Waals surface area contributed by atoms with E-state index in [-0.39, 0.29) is 23.7 Å². The Labute approximate surface area is 259 Å². The van der Waals surface area contributed by atoms with Crippen LogP contribution in [0.3, 0.4) is 0 Å². The zero-order valence-corrected chi connectivity index (χ0v) is 25.2. The fraction of sp³-hybridized carbons (Fsp3) is 0.257. The predicted octanol–water partition coefficient (Wildman–Crippen LogP) is 6.01. The van der Waals surface area contributed by atoms with E-state index in [4.69, 9.17) is 0 Å². The first kappa shape index (κ1) is 28.9. The van der Waals surface area contributed by atoms with Crippen LogP contribution in [-0.2, 0) is 12.8 Å². The second-order valence-electron chi connectivity index (χ2n) is 11.9. The number of rotatable bonds is 4. The molecular formula is C35H34F2N6O2. The molecule has 0 spiro atoms. The fourth-order valence-corrected chi connectivity index (χ4v) is 6.55. The van der Waals surface area contributed by atoms with Gasteiger partial charge in [-0.3, -0.25) is 0 Å².